The molecule has 2 aliphatic rings. The van der Waals surface area contributed by atoms with Crippen LogP contribution in [0.4, 0.5) is 4.39 Å². The Bertz CT molecular complexity index is 923. The molecule has 4 atom stereocenters. The van der Waals surface area contributed by atoms with E-state index in [1.807, 2.05) is 30.3 Å². The fourth-order valence-corrected chi connectivity index (χ4v) is 4.82. The van der Waals surface area contributed by atoms with Gasteiger partial charge in [0.25, 0.3) is 5.91 Å². The monoisotopic (exact) mass is 397 g/mol. The standard InChI is InChI=1S/C22H24FN3O3/c1-2-19(28)25-11-17-20(14-6-4-3-5-7-14)22(17)13-26(12-18(22)27)21(29)15-8-16(23)10-24-9-15/h3-10,17-18,20,27H,2,11-13H2,1H3,(H,25,28)/t17-,18-,20-,22-/m1/s1. The third-order valence-electron chi connectivity index (χ3n) is 6.28. The van der Waals surface area contributed by atoms with Crippen molar-refractivity contribution in [2.45, 2.75) is 25.4 Å². The van der Waals surface area contributed by atoms with E-state index >= 15 is 0 Å². The molecule has 0 unspecified atom stereocenters. The number of hydrogen-bond acceptors (Lipinski definition) is 4. The van der Waals surface area contributed by atoms with Crippen LogP contribution in [0.2, 0.25) is 0 Å². The van der Waals surface area contributed by atoms with Gasteiger partial charge in [0, 0.05) is 37.7 Å². The Kier molecular flexibility index (Phi) is 5.08. The zero-order valence-electron chi connectivity index (χ0n) is 16.2. The number of aliphatic hydroxyl groups is 1. The molecule has 6 nitrogen and oxygen atoms in total. The van der Waals surface area contributed by atoms with Gasteiger partial charge >= 0.3 is 0 Å². The SMILES string of the molecule is CCC(=O)NC[C@@H]1[C@@H](c2ccccc2)[C@]12CN(C(=O)c1cncc(F)c1)C[C@H]2O. The number of nitrogens with one attached hydrogen (secondary N) is 1. The van der Waals surface area contributed by atoms with E-state index in [4.69, 9.17) is 0 Å². The van der Waals surface area contributed by atoms with E-state index < -0.39 is 17.3 Å². The van der Waals surface area contributed by atoms with Gasteiger partial charge in [-0.2, -0.15) is 0 Å². The number of β-amino-alcohol motifs (C(OH)–C–C–N with tert-alkyl or cyclic N) is 1. The molecular formula is C22H24FN3O3. The highest BCUT2D eigenvalue weighted by Gasteiger charge is 2.71. The molecule has 2 fully saturated rings. The number of halogens is 1. The van der Waals surface area contributed by atoms with E-state index in [1.54, 1.807) is 11.8 Å². The van der Waals surface area contributed by atoms with Crippen molar-refractivity contribution in [3.05, 3.63) is 65.7 Å². The molecule has 1 aliphatic carbocycles. The third-order valence-corrected chi connectivity index (χ3v) is 6.28. The minimum absolute atomic E-state index is 0.0267. The summed E-state index contributed by atoms with van der Waals surface area (Å²) in [6.45, 7) is 2.78. The van der Waals surface area contributed by atoms with Crippen molar-refractivity contribution >= 4 is 11.8 Å². The predicted octanol–water partition coefficient (Wildman–Crippen LogP) is 1.96. The number of carbonyl (C=O) groups excluding carboxylic acids is 2. The lowest BCUT2D eigenvalue weighted by Crippen LogP contribution is -2.30. The summed E-state index contributed by atoms with van der Waals surface area (Å²) < 4.78 is 13.5. The molecule has 2 amide bonds. The Labute approximate surface area is 168 Å². The average molecular weight is 397 g/mol. The smallest absolute Gasteiger partial charge is 0.255 e. The van der Waals surface area contributed by atoms with Crippen molar-refractivity contribution in [3.8, 4) is 0 Å². The number of aromatic nitrogens is 1. The molecule has 2 heterocycles. The van der Waals surface area contributed by atoms with Crippen LogP contribution in [-0.2, 0) is 4.79 Å². The van der Waals surface area contributed by atoms with Gasteiger partial charge in [-0.15, -0.1) is 0 Å². The van der Waals surface area contributed by atoms with Crippen LogP contribution in [-0.4, -0.2) is 52.5 Å². The molecule has 152 valence electrons. The van der Waals surface area contributed by atoms with Crippen molar-refractivity contribution in [1.82, 2.24) is 15.2 Å². The minimum atomic E-state index is -0.721. The molecule has 1 aromatic heterocycles. The number of carbonyl (C=O) groups is 2. The zero-order chi connectivity index (χ0) is 20.6. The fourth-order valence-electron chi connectivity index (χ4n) is 4.82. The van der Waals surface area contributed by atoms with Crippen molar-refractivity contribution < 1.29 is 19.1 Å². The van der Waals surface area contributed by atoms with Crippen LogP contribution >= 0.6 is 0 Å². The highest BCUT2D eigenvalue weighted by atomic mass is 19.1. The maximum absolute atomic E-state index is 13.5. The number of amides is 2. The van der Waals surface area contributed by atoms with Crippen molar-refractivity contribution in [2.75, 3.05) is 19.6 Å². The first kappa shape index (κ1) is 19.5. The Morgan fingerprint density at radius 3 is 2.76 bits per heavy atom. The van der Waals surface area contributed by atoms with Crippen LogP contribution < -0.4 is 5.32 Å². The number of pyridine rings is 1. The van der Waals surface area contributed by atoms with Crippen molar-refractivity contribution in [1.29, 1.82) is 0 Å². The van der Waals surface area contributed by atoms with Crippen molar-refractivity contribution in [3.63, 3.8) is 0 Å². The van der Waals surface area contributed by atoms with E-state index in [-0.39, 0.29) is 35.8 Å². The Hall–Kier alpha value is -2.80. The van der Waals surface area contributed by atoms with Crippen LogP contribution in [0.25, 0.3) is 0 Å². The molecule has 4 rings (SSSR count). The third kappa shape index (κ3) is 3.40. The molecule has 1 aliphatic heterocycles. The number of nitrogens with zero attached hydrogens (tertiary/aromatic N) is 2. The number of likely N-dealkylation sites (tertiary alicyclic amines) is 1. The number of rotatable bonds is 5. The lowest BCUT2D eigenvalue weighted by Gasteiger charge is -2.17. The summed E-state index contributed by atoms with van der Waals surface area (Å²) in [6, 6.07) is 11.0. The van der Waals surface area contributed by atoms with Gasteiger partial charge in [-0.05, 0) is 23.5 Å². The number of hydrogen-bond donors (Lipinski definition) is 2. The quantitative estimate of drug-likeness (QED) is 0.808. The van der Waals surface area contributed by atoms with E-state index in [0.717, 1.165) is 17.8 Å². The summed E-state index contributed by atoms with van der Waals surface area (Å²) in [5.41, 5.74) is 0.740. The van der Waals surface area contributed by atoms with Crippen LogP contribution in [0.5, 0.6) is 0 Å². The summed E-state index contributed by atoms with van der Waals surface area (Å²) in [5, 5.41) is 13.9. The van der Waals surface area contributed by atoms with Gasteiger partial charge in [0.05, 0.1) is 17.9 Å². The number of aliphatic hydroxyl groups excluding tert-OH is 1. The highest BCUT2D eigenvalue weighted by molar-refractivity contribution is 5.94. The lowest BCUT2D eigenvalue weighted by atomic mass is 9.95. The molecule has 2 aromatic rings. The largest absolute Gasteiger partial charge is 0.391 e. The van der Waals surface area contributed by atoms with Gasteiger partial charge < -0.3 is 15.3 Å². The van der Waals surface area contributed by atoms with E-state index in [2.05, 4.69) is 10.3 Å². The molecule has 0 bridgehead atoms. The summed E-state index contributed by atoms with van der Waals surface area (Å²) >= 11 is 0. The minimum Gasteiger partial charge on any atom is -0.391 e. The van der Waals surface area contributed by atoms with Crippen LogP contribution in [0, 0.1) is 17.2 Å². The summed E-state index contributed by atoms with van der Waals surface area (Å²) in [5.74, 6) is -0.884. The lowest BCUT2D eigenvalue weighted by molar-refractivity contribution is -0.120. The Morgan fingerprint density at radius 2 is 2.07 bits per heavy atom. The van der Waals surface area contributed by atoms with Crippen LogP contribution in [0.3, 0.4) is 0 Å². The summed E-state index contributed by atoms with van der Waals surface area (Å²) in [7, 11) is 0. The molecule has 1 saturated carbocycles. The number of benzene rings is 1. The van der Waals surface area contributed by atoms with Gasteiger partial charge in [-0.1, -0.05) is 37.3 Å². The van der Waals surface area contributed by atoms with Gasteiger partial charge in [0.2, 0.25) is 5.91 Å². The van der Waals surface area contributed by atoms with E-state index in [1.165, 1.54) is 6.20 Å². The van der Waals surface area contributed by atoms with Gasteiger partial charge in [-0.3, -0.25) is 14.6 Å². The molecule has 1 saturated heterocycles. The maximum atomic E-state index is 13.5. The average Bonchev–Trinajstić information content (AvgIpc) is 3.25. The Morgan fingerprint density at radius 1 is 1.31 bits per heavy atom. The predicted molar refractivity (Wildman–Crippen MR) is 105 cm³/mol. The molecule has 29 heavy (non-hydrogen) atoms. The summed E-state index contributed by atoms with van der Waals surface area (Å²) in [4.78, 5) is 30.0. The van der Waals surface area contributed by atoms with Crippen LogP contribution in [0.1, 0.15) is 35.2 Å². The van der Waals surface area contributed by atoms with Gasteiger partial charge in [0.15, 0.2) is 0 Å². The normalized spacial score (nSPS) is 27.8. The molecule has 1 spiro atoms. The highest BCUT2D eigenvalue weighted by Crippen LogP contribution is 2.68. The second-order valence-electron chi connectivity index (χ2n) is 7.86. The summed E-state index contributed by atoms with van der Waals surface area (Å²) in [6.07, 6.45) is 2.07. The first-order chi connectivity index (χ1) is 14.0. The van der Waals surface area contributed by atoms with Gasteiger partial charge in [-0.25, -0.2) is 4.39 Å². The van der Waals surface area contributed by atoms with E-state index in [0.29, 0.717) is 19.5 Å². The van der Waals surface area contributed by atoms with Gasteiger partial charge in [0.1, 0.15) is 5.82 Å². The van der Waals surface area contributed by atoms with E-state index in [9.17, 15) is 19.1 Å². The fraction of sp³-hybridized carbons (Fsp3) is 0.409. The topological polar surface area (TPSA) is 82.5 Å². The maximum Gasteiger partial charge on any atom is 0.255 e. The molecule has 2 N–H and O–H groups in total. The molecule has 1 aromatic carbocycles. The first-order valence-corrected chi connectivity index (χ1v) is 9.87. The van der Waals surface area contributed by atoms with Crippen molar-refractivity contribution in [2.24, 2.45) is 11.3 Å². The molecular weight excluding hydrogens is 373 g/mol. The first-order valence-electron chi connectivity index (χ1n) is 9.87. The molecule has 7 heteroatoms. The Balaban J connectivity index is 1.58. The second kappa shape index (κ2) is 7.55. The zero-order valence-corrected chi connectivity index (χ0v) is 16.2. The molecule has 0 radical (unpaired) electrons. The van der Waals surface area contributed by atoms with Crippen LogP contribution in [0.15, 0.2) is 48.8 Å². The second-order valence-corrected chi connectivity index (χ2v) is 7.86.